The summed E-state index contributed by atoms with van der Waals surface area (Å²) in [5, 5.41) is 11.6. The molecule has 4 rings (SSSR count). The molecule has 4 aliphatic carbocycles. The molecule has 5 nitrogen and oxygen atoms in total. The molecule has 5 heteroatoms. The third-order valence-corrected chi connectivity index (χ3v) is 10.8. The van der Waals surface area contributed by atoms with Gasteiger partial charge in [0, 0.05) is 13.3 Å². The topological polar surface area (TPSA) is 72.8 Å². The van der Waals surface area contributed by atoms with Gasteiger partial charge in [0.05, 0.1) is 13.2 Å². The van der Waals surface area contributed by atoms with Crippen LogP contribution in [-0.2, 0) is 19.1 Å². The number of hydrogen-bond donors (Lipinski definition) is 1. The van der Waals surface area contributed by atoms with E-state index in [1.165, 1.54) is 39.7 Å². The lowest BCUT2D eigenvalue weighted by Gasteiger charge is -2.62. The van der Waals surface area contributed by atoms with Crippen molar-refractivity contribution in [2.75, 3.05) is 7.11 Å². The van der Waals surface area contributed by atoms with Crippen LogP contribution in [0.5, 0.6) is 0 Å². The molecule has 182 valence electrons. The van der Waals surface area contributed by atoms with Gasteiger partial charge >= 0.3 is 11.9 Å². The second-order valence-electron chi connectivity index (χ2n) is 12.1. The fourth-order valence-corrected chi connectivity index (χ4v) is 9.13. The zero-order valence-electron chi connectivity index (χ0n) is 20.8. The van der Waals surface area contributed by atoms with Gasteiger partial charge in [0.25, 0.3) is 0 Å². The molecule has 0 aliphatic heterocycles. The van der Waals surface area contributed by atoms with Gasteiger partial charge in [-0.15, -0.1) is 0 Å². The lowest BCUT2D eigenvalue weighted by atomic mass is 9.43. The summed E-state index contributed by atoms with van der Waals surface area (Å²) in [6.07, 6.45) is 9.92. The highest BCUT2D eigenvalue weighted by Gasteiger charge is 2.63. The number of carbonyl (C=O) groups excluding carboxylic acids is 2. The van der Waals surface area contributed by atoms with E-state index >= 15 is 0 Å². The molecule has 8 unspecified atom stereocenters. The zero-order chi connectivity index (χ0) is 23.3. The molecule has 0 saturated heterocycles. The number of methoxy groups -OCH3 is 1. The highest BCUT2D eigenvalue weighted by molar-refractivity contribution is 5.69. The van der Waals surface area contributed by atoms with Gasteiger partial charge in [-0.1, -0.05) is 20.8 Å². The van der Waals surface area contributed by atoms with Crippen LogP contribution in [0.3, 0.4) is 0 Å². The van der Waals surface area contributed by atoms with Gasteiger partial charge in [0.1, 0.15) is 6.10 Å². The van der Waals surface area contributed by atoms with Crippen LogP contribution >= 0.6 is 0 Å². The Morgan fingerprint density at radius 2 is 1.81 bits per heavy atom. The van der Waals surface area contributed by atoms with Crippen LogP contribution in [0.4, 0.5) is 0 Å². The van der Waals surface area contributed by atoms with Gasteiger partial charge in [-0.2, -0.15) is 0 Å². The van der Waals surface area contributed by atoms with Crippen LogP contribution in [0.2, 0.25) is 0 Å². The molecule has 0 amide bonds. The van der Waals surface area contributed by atoms with Crippen molar-refractivity contribution in [2.24, 2.45) is 46.3 Å². The highest BCUT2D eigenvalue weighted by atomic mass is 16.5. The Hall–Kier alpha value is -1.10. The first-order chi connectivity index (χ1) is 15.1. The fourth-order valence-electron chi connectivity index (χ4n) is 9.13. The van der Waals surface area contributed by atoms with E-state index in [-0.39, 0.29) is 35.0 Å². The number of carbonyl (C=O) groups is 2. The first-order valence-corrected chi connectivity index (χ1v) is 13.0. The SMILES string of the molecule is COC(=O)CCC(C)C1CCC2C3CCC4CC(OC(C)=O)CC[C@]4(C)C3CC(O)[C@]12C. The molecule has 4 aliphatic rings. The Morgan fingerprint density at radius 1 is 1.06 bits per heavy atom. The average molecular weight is 449 g/mol. The monoisotopic (exact) mass is 448 g/mol. The Bertz CT molecular complexity index is 721. The Kier molecular flexibility index (Phi) is 6.70. The Morgan fingerprint density at radius 3 is 2.50 bits per heavy atom. The minimum absolute atomic E-state index is 0.0468. The van der Waals surface area contributed by atoms with Crippen LogP contribution in [0.1, 0.15) is 91.9 Å². The highest BCUT2D eigenvalue weighted by Crippen LogP contribution is 2.68. The lowest BCUT2D eigenvalue weighted by molar-refractivity contribution is -0.181. The van der Waals surface area contributed by atoms with Crippen molar-refractivity contribution in [3.05, 3.63) is 0 Å². The number of esters is 2. The summed E-state index contributed by atoms with van der Waals surface area (Å²) in [6.45, 7) is 8.62. The molecule has 0 heterocycles. The van der Waals surface area contributed by atoms with Gasteiger partial charge in [0.15, 0.2) is 0 Å². The number of aliphatic hydroxyl groups excluding tert-OH is 1. The molecule has 10 atom stereocenters. The third-order valence-electron chi connectivity index (χ3n) is 10.8. The van der Waals surface area contributed by atoms with E-state index in [2.05, 4.69) is 20.8 Å². The van der Waals surface area contributed by atoms with E-state index in [1.807, 2.05) is 0 Å². The van der Waals surface area contributed by atoms with Crippen molar-refractivity contribution in [3.8, 4) is 0 Å². The zero-order valence-corrected chi connectivity index (χ0v) is 20.8. The molecule has 32 heavy (non-hydrogen) atoms. The molecule has 0 aromatic carbocycles. The van der Waals surface area contributed by atoms with Crippen LogP contribution in [0, 0.1) is 46.3 Å². The van der Waals surface area contributed by atoms with Crippen LogP contribution in [-0.4, -0.2) is 36.4 Å². The molecule has 4 saturated carbocycles. The molecule has 0 aromatic heterocycles. The predicted molar refractivity (Wildman–Crippen MR) is 123 cm³/mol. The molecular formula is C27H44O5. The Labute approximate surface area is 194 Å². The van der Waals surface area contributed by atoms with Crippen LogP contribution in [0.25, 0.3) is 0 Å². The van der Waals surface area contributed by atoms with Crippen molar-refractivity contribution in [1.29, 1.82) is 0 Å². The van der Waals surface area contributed by atoms with Gasteiger partial charge in [-0.05, 0) is 104 Å². The summed E-state index contributed by atoms with van der Waals surface area (Å²) in [4.78, 5) is 23.2. The largest absolute Gasteiger partial charge is 0.469 e. The summed E-state index contributed by atoms with van der Waals surface area (Å²) in [6, 6.07) is 0. The second-order valence-corrected chi connectivity index (χ2v) is 12.1. The van der Waals surface area contributed by atoms with Gasteiger partial charge in [-0.3, -0.25) is 9.59 Å². The van der Waals surface area contributed by atoms with Gasteiger partial charge in [-0.25, -0.2) is 0 Å². The number of ether oxygens (including phenoxy) is 2. The van der Waals surface area contributed by atoms with E-state index in [1.54, 1.807) is 0 Å². The van der Waals surface area contributed by atoms with Crippen molar-refractivity contribution < 1.29 is 24.2 Å². The van der Waals surface area contributed by atoms with Crippen molar-refractivity contribution in [2.45, 2.75) is 104 Å². The van der Waals surface area contributed by atoms with E-state index in [9.17, 15) is 14.7 Å². The van der Waals surface area contributed by atoms with Crippen molar-refractivity contribution >= 4 is 11.9 Å². The van der Waals surface area contributed by atoms with E-state index < -0.39 is 0 Å². The molecule has 1 N–H and O–H groups in total. The van der Waals surface area contributed by atoms with E-state index in [0.717, 1.165) is 32.1 Å². The van der Waals surface area contributed by atoms with Crippen molar-refractivity contribution in [3.63, 3.8) is 0 Å². The number of aliphatic hydroxyl groups is 1. The van der Waals surface area contributed by atoms with Crippen LogP contribution in [0.15, 0.2) is 0 Å². The smallest absolute Gasteiger partial charge is 0.305 e. The minimum Gasteiger partial charge on any atom is -0.469 e. The molecular weight excluding hydrogens is 404 g/mol. The summed E-state index contributed by atoms with van der Waals surface area (Å²) in [5.41, 5.74) is 0.200. The maximum atomic E-state index is 11.7. The molecule has 0 bridgehead atoms. The number of rotatable bonds is 5. The molecule has 4 fully saturated rings. The van der Waals surface area contributed by atoms with E-state index in [4.69, 9.17) is 9.47 Å². The first kappa shape index (κ1) is 24.0. The maximum absolute atomic E-state index is 11.7. The fraction of sp³-hybridized carbons (Fsp3) is 0.926. The quantitative estimate of drug-likeness (QED) is 0.590. The summed E-state index contributed by atoms with van der Waals surface area (Å²) >= 11 is 0. The predicted octanol–water partition coefficient (Wildman–Crippen LogP) is 5.14. The molecule has 0 radical (unpaired) electrons. The third kappa shape index (κ3) is 3.91. The summed E-state index contributed by atoms with van der Waals surface area (Å²) < 4.78 is 10.5. The average Bonchev–Trinajstić information content (AvgIpc) is 3.11. The minimum atomic E-state index is -0.274. The number of fused-ring (bicyclic) bond motifs is 5. The summed E-state index contributed by atoms with van der Waals surface area (Å²) in [5.74, 6) is 3.02. The van der Waals surface area contributed by atoms with Crippen LogP contribution < -0.4 is 0 Å². The maximum Gasteiger partial charge on any atom is 0.305 e. The standard InChI is InChI=1S/C27H44O5/c1-16(6-11-25(30)31-5)21-9-10-22-20-8-7-18-14-19(32-17(2)28)12-13-26(18,3)23(20)15-24(29)27(21,22)4/h16,18-24,29H,6-15H2,1-5H3/t16?,18?,19?,20?,21?,22?,23?,24?,26-,27+/m0/s1. The van der Waals surface area contributed by atoms with Gasteiger partial charge in [0.2, 0.25) is 0 Å². The molecule has 0 spiro atoms. The molecule has 0 aromatic rings. The summed E-state index contributed by atoms with van der Waals surface area (Å²) in [7, 11) is 1.46. The number of hydrogen-bond acceptors (Lipinski definition) is 5. The lowest BCUT2D eigenvalue weighted by Crippen LogP contribution is -2.59. The van der Waals surface area contributed by atoms with E-state index in [0.29, 0.717) is 41.9 Å². The van der Waals surface area contributed by atoms with Gasteiger partial charge < -0.3 is 14.6 Å². The Balaban J connectivity index is 1.50. The normalized spacial score (nSPS) is 46.4. The first-order valence-electron chi connectivity index (χ1n) is 13.0. The van der Waals surface area contributed by atoms with Crippen molar-refractivity contribution in [1.82, 2.24) is 0 Å². The second kappa shape index (κ2) is 8.92.